The molecule has 164 valence electrons. The van der Waals surface area contributed by atoms with Crippen LogP contribution in [0.25, 0.3) is 22.4 Å². The van der Waals surface area contributed by atoms with Gasteiger partial charge in [-0.05, 0) is 44.4 Å². The number of benzene rings is 2. The highest BCUT2D eigenvalue weighted by molar-refractivity contribution is 7.89. The molecule has 31 heavy (non-hydrogen) atoms. The number of carbonyl (C=O) groups is 1. The fraction of sp³-hybridized carbons (Fsp3) is 0.391. The summed E-state index contributed by atoms with van der Waals surface area (Å²) >= 11 is 0. The Morgan fingerprint density at radius 2 is 1.90 bits per heavy atom. The molecule has 0 saturated carbocycles. The van der Waals surface area contributed by atoms with E-state index < -0.39 is 10.0 Å². The van der Waals surface area contributed by atoms with Gasteiger partial charge in [-0.25, -0.2) is 13.4 Å². The van der Waals surface area contributed by atoms with Gasteiger partial charge in [0.1, 0.15) is 5.82 Å². The molecule has 0 spiro atoms. The topological polar surface area (TPSA) is 95.2 Å². The van der Waals surface area contributed by atoms with Gasteiger partial charge in [0.2, 0.25) is 15.9 Å². The summed E-state index contributed by atoms with van der Waals surface area (Å²) in [5, 5.41) is 3.00. The molecule has 1 saturated heterocycles. The third kappa shape index (κ3) is 4.50. The summed E-state index contributed by atoms with van der Waals surface area (Å²) in [4.78, 5) is 20.4. The molecule has 1 aromatic heterocycles. The van der Waals surface area contributed by atoms with Gasteiger partial charge in [0.05, 0.1) is 15.9 Å². The van der Waals surface area contributed by atoms with Crippen molar-refractivity contribution in [2.45, 2.75) is 44.0 Å². The average molecular weight is 441 g/mol. The van der Waals surface area contributed by atoms with Crippen molar-refractivity contribution in [3.05, 3.63) is 48.5 Å². The van der Waals surface area contributed by atoms with E-state index in [0.29, 0.717) is 37.3 Å². The highest BCUT2D eigenvalue weighted by Crippen LogP contribution is 2.27. The average Bonchev–Trinajstić information content (AvgIpc) is 3.23. The molecule has 1 aliphatic heterocycles. The van der Waals surface area contributed by atoms with E-state index in [1.54, 1.807) is 18.2 Å². The smallest absolute Gasteiger partial charge is 0.243 e. The number of rotatable bonds is 6. The summed E-state index contributed by atoms with van der Waals surface area (Å²) in [6, 6.07) is 14.8. The number of amides is 1. The van der Waals surface area contributed by atoms with Gasteiger partial charge >= 0.3 is 0 Å². The van der Waals surface area contributed by atoms with Crippen LogP contribution in [0.15, 0.2) is 53.4 Å². The van der Waals surface area contributed by atoms with Crippen LogP contribution in [0.5, 0.6) is 0 Å². The minimum absolute atomic E-state index is 0.0266. The number of nitrogens with one attached hydrogen (secondary N) is 2. The predicted octanol–water partition coefficient (Wildman–Crippen LogP) is 3.55. The molecule has 2 N–H and O–H groups in total. The number of aromatic amines is 1. The lowest BCUT2D eigenvalue weighted by Crippen LogP contribution is -2.44. The Labute approximate surface area is 182 Å². The second-order valence-electron chi connectivity index (χ2n) is 8.13. The molecule has 7 nitrogen and oxygen atoms in total. The van der Waals surface area contributed by atoms with Crippen molar-refractivity contribution in [1.82, 2.24) is 19.6 Å². The molecule has 3 aromatic rings. The van der Waals surface area contributed by atoms with Crippen molar-refractivity contribution in [1.29, 1.82) is 0 Å². The molecule has 0 aliphatic carbocycles. The van der Waals surface area contributed by atoms with Crippen LogP contribution in [0, 0.1) is 5.92 Å². The number of imidazole rings is 1. The summed E-state index contributed by atoms with van der Waals surface area (Å²) in [7, 11) is -3.63. The van der Waals surface area contributed by atoms with E-state index in [1.807, 2.05) is 44.2 Å². The molecule has 2 heterocycles. The van der Waals surface area contributed by atoms with Crippen molar-refractivity contribution >= 4 is 27.0 Å². The zero-order valence-corrected chi connectivity index (χ0v) is 18.7. The first kappa shape index (κ1) is 21.5. The number of hydrogen-bond acceptors (Lipinski definition) is 4. The number of H-pyrrole nitrogens is 1. The number of carbonyl (C=O) groups excluding carboxylic acids is 1. The van der Waals surface area contributed by atoms with Gasteiger partial charge in [-0.3, -0.25) is 4.79 Å². The van der Waals surface area contributed by atoms with Crippen LogP contribution in [0.4, 0.5) is 0 Å². The van der Waals surface area contributed by atoms with Gasteiger partial charge < -0.3 is 10.3 Å². The van der Waals surface area contributed by atoms with Crippen LogP contribution in [-0.4, -0.2) is 47.7 Å². The molecule has 1 aliphatic rings. The standard InChI is InChI=1S/C23H28N4O3S/c1-3-16(2)24-23(28)18-11-13-27(14-12-18)31(29,30)19-9-10-20-21(15-19)26-22(25-20)17-7-5-4-6-8-17/h4-10,15-16,18H,3,11-14H2,1-2H3,(H,24,28)(H,25,26). The second kappa shape index (κ2) is 8.80. The van der Waals surface area contributed by atoms with E-state index in [2.05, 4.69) is 15.3 Å². The lowest BCUT2D eigenvalue weighted by molar-refractivity contribution is -0.126. The van der Waals surface area contributed by atoms with Gasteiger partial charge in [-0.15, -0.1) is 0 Å². The molecule has 1 amide bonds. The highest BCUT2D eigenvalue weighted by atomic mass is 32.2. The minimum atomic E-state index is -3.63. The van der Waals surface area contributed by atoms with E-state index in [4.69, 9.17) is 0 Å². The van der Waals surface area contributed by atoms with E-state index in [9.17, 15) is 13.2 Å². The number of piperidine rings is 1. The number of fused-ring (bicyclic) bond motifs is 1. The molecule has 0 bridgehead atoms. The third-order valence-electron chi connectivity index (χ3n) is 5.96. The van der Waals surface area contributed by atoms with E-state index in [-0.39, 0.29) is 22.8 Å². The monoisotopic (exact) mass is 440 g/mol. The summed E-state index contributed by atoms with van der Waals surface area (Å²) in [5.41, 5.74) is 2.35. The third-order valence-corrected chi connectivity index (χ3v) is 7.86. The maximum atomic E-state index is 13.2. The first-order chi connectivity index (χ1) is 14.9. The van der Waals surface area contributed by atoms with Crippen LogP contribution in [-0.2, 0) is 14.8 Å². The maximum absolute atomic E-state index is 13.2. The van der Waals surface area contributed by atoms with Gasteiger partial charge in [-0.1, -0.05) is 37.3 Å². The molecule has 0 radical (unpaired) electrons. The molecular weight excluding hydrogens is 412 g/mol. The first-order valence-electron chi connectivity index (χ1n) is 10.7. The Morgan fingerprint density at radius 3 is 2.58 bits per heavy atom. The zero-order chi connectivity index (χ0) is 22.0. The molecule has 8 heteroatoms. The van der Waals surface area contributed by atoms with Crippen LogP contribution < -0.4 is 5.32 Å². The van der Waals surface area contributed by atoms with E-state index >= 15 is 0 Å². The normalized spacial score (nSPS) is 17.0. The van der Waals surface area contributed by atoms with Gasteiger partial charge in [0.25, 0.3) is 0 Å². The molecule has 4 rings (SSSR count). The minimum Gasteiger partial charge on any atom is -0.353 e. The zero-order valence-electron chi connectivity index (χ0n) is 17.8. The molecule has 1 fully saturated rings. The largest absolute Gasteiger partial charge is 0.353 e. The van der Waals surface area contributed by atoms with E-state index in [0.717, 1.165) is 17.5 Å². The Kier molecular flexibility index (Phi) is 6.11. The van der Waals surface area contributed by atoms with Crippen molar-refractivity contribution in [2.24, 2.45) is 5.92 Å². The lowest BCUT2D eigenvalue weighted by Gasteiger charge is -2.31. The van der Waals surface area contributed by atoms with Crippen LogP contribution >= 0.6 is 0 Å². The number of sulfonamides is 1. The Morgan fingerprint density at radius 1 is 1.19 bits per heavy atom. The van der Waals surface area contributed by atoms with Crippen LogP contribution in [0.1, 0.15) is 33.1 Å². The fourth-order valence-electron chi connectivity index (χ4n) is 3.85. The van der Waals surface area contributed by atoms with Gasteiger partial charge in [0.15, 0.2) is 0 Å². The van der Waals surface area contributed by atoms with E-state index in [1.165, 1.54) is 4.31 Å². The predicted molar refractivity (Wildman–Crippen MR) is 121 cm³/mol. The molecule has 1 atom stereocenters. The maximum Gasteiger partial charge on any atom is 0.243 e. The Bertz CT molecular complexity index is 1170. The van der Waals surface area contributed by atoms with Gasteiger partial charge in [0, 0.05) is 30.6 Å². The highest BCUT2D eigenvalue weighted by Gasteiger charge is 2.32. The molecule has 1 unspecified atom stereocenters. The van der Waals surface area contributed by atoms with Crippen molar-refractivity contribution < 1.29 is 13.2 Å². The SMILES string of the molecule is CCC(C)NC(=O)C1CCN(S(=O)(=O)c2ccc3nc(-c4ccccc4)[nH]c3c2)CC1. The summed E-state index contributed by atoms with van der Waals surface area (Å²) in [6.45, 7) is 4.69. The summed E-state index contributed by atoms with van der Waals surface area (Å²) in [5.74, 6) is 0.598. The summed E-state index contributed by atoms with van der Waals surface area (Å²) < 4.78 is 27.9. The molecule has 2 aromatic carbocycles. The Hall–Kier alpha value is -2.71. The summed E-state index contributed by atoms with van der Waals surface area (Å²) in [6.07, 6.45) is 1.94. The molecular formula is C23H28N4O3S. The Balaban J connectivity index is 1.49. The number of nitrogens with zero attached hydrogens (tertiary/aromatic N) is 2. The van der Waals surface area contributed by atoms with Crippen LogP contribution in [0.2, 0.25) is 0 Å². The fourth-order valence-corrected chi connectivity index (χ4v) is 5.35. The van der Waals surface area contributed by atoms with Crippen molar-refractivity contribution in [3.8, 4) is 11.4 Å². The first-order valence-corrected chi connectivity index (χ1v) is 12.2. The quantitative estimate of drug-likeness (QED) is 0.613. The lowest BCUT2D eigenvalue weighted by atomic mass is 9.97. The van der Waals surface area contributed by atoms with Gasteiger partial charge in [-0.2, -0.15) is 4.31 Å². The van der Waals surface area contributed by atoms with Crippen LogP contribution in [0.3, 0.4) is 0 Å². The number of aromatic nitrogens is 2. The van der Waals surface area contributed by atoms with Crippen molar-refractivity contribution in [2.75, 3.05) is 13.1 Å². The number of hydrogen-bond donors (Lipinski definition) is 2. The van der Waals surface area contributed by atoms with Crippen molar-refractivity contribution in [3.63, 3.8) is 0 Å². The second-order valence-corrected chi connectivity index (χ2v) is 10.1.